The van der Waals surface area contributed by atoms with Gasteiger partial charge in [-0.3, -0.25) is 14.6 Å². The van der Waals surface area contributed by atoms with E-state index in [0.29, 0.717) is 26.2 Å². The van der Waals surface area contributed by atoms with E-state index in [0.717, 1.165) is 6.07 Å². The van der Waals surface area contributed by atoms with Crippen molar-refractivity contribution in [3.63, 3.8) is 0 Å². The Bertz CT molecular complexity index is 902. The second-order valence-corrected chi connectivity index (χ2v) is 8.08. The van der Waals surface area contributed by atoms with Crippen LogP contribution in [0.25, 0.3) is 0 Å². The highest BCUT2D eigenvalue weighted by atomic mass is 35.5. The summed E-state index contributed by atoms with van der Waals surface area (Å²) in [6.45, 7) is 4.42. The number of para-hydroxylation sites is 1. The van der Waals surface area contributed by atoms with Crippen molar-refractivity contribution in [1.29, 1.82) is 0 Å². The summed E-state index contributed by atoms with van der Waals surface area (Å²) in [4.78, 5) is 16.4. The zero-order valence-electron chi connectivity index (χ0n) is 17.2. The van der Waals surface area contributed by atoms with Crippen LogP contribution < -0.4 is 10.1 Å². The van der Waals surface area contributed by atoms with E-state index in [9.17, 15) is 18.7 Å². The van der Waals surface area contributed by atoms with E-state index in [1.807, 2.05) is 11.8 Å². The Morgan fingerprint density at radius 2 is 2.03 bits per heavy atom. The van der Waals surface area contributed by atoms with Gasteiger partial charge < -0.3 is 15.2 Å². The van der Waals surface area contributed by atoms with Gasteiger partial charge in [0.15, 0.2) is 11.6 Å². The van der Waals surface area contributed by atoms with Gasteiger partial charge in [0.25, 0.3) is 0 Å². The van der Waals surface area contributed by atoms with E-state index in [-0.39, 0.29) is 41.6 Å². The van der Waals surface area contributed by atoms with E-state index < -0.39 is 17.7 Å². The van der Waals surface area contributed by atoms with Gasteiger partial charge in [-0.1, -0.05) is 23.7 Å². The van der Waals surface area contributed by atoms with E-state index in [2.05, 4.69) is 10.2 Å². The van der Waals surface area contributed by atoms with E-state index in [1.54, 1.807) is 12.1 Å². The minimum atomic E-state index is -0.773. The first-order valence-electron chi connectivity index (χ1n) is 10.1. The molecule has 1 fully saturated rings. The molecule has 0 aromatic heterocycles. The first-order chi connectivity index (χ1) is 14.8. The van der Waals surface area contributed by atoms with Gasteiger partial charge in [-0.05, 0) is 37.3 Å². The van der Waals surface area contributed by atoms with Crippen molar-refractivity contribution in [1.82, 2.24) is 9.80 Å². The van der Waals surface area contributed by atoms with Gasteiger partial charge in [0.1, 0.15) is 18.5 Å². The highest BCUT2D eigenvalue weighted by molar-refractivity contribution is 6.30. The first-order valence-corrected chi connectivity index (χ1v) is 10.5. The lowest BCUT2D eigenvalue weighted by Gasteiger charge is -2.40. The molecule has 0 radical (unpaired) electrons. The zero-order chi connectivity index (χ0) is 22.4. The molecule has 2 aromatic rings. The zero-order valence-corrected chi connectivity index (χ0v) is 18.0. The Kier molecular flexibility index (Phi) is 8.20. The average molecular weight is 454 g/mol. The quantitative estimate of drug-likeness (QED) is 0.643. The molecule has 0 bridgehead atoms. The lowest BCUT2D eigenvalue weighted by atomic mass is 10.1. The van der Waals surface area contributed by atoms with Gasteiger partial charge in [-0.2, -0.15) is 0 Å². The van der Waals surface area contributed by atoms with Gasteiger partial charge in [0.2, 0.25) is 5.91 Å². The van der Waals surface area contributed by atoms with Crippen LogP contribution in [0, 0.1) is 11.6 Å². The van der Waals surface area contributed by atoms with Crippen LogP contribution in [-0.2, 0) is 4.79 Å². The lowest BCUT2D eigenvalue weighted by molar-refractivity contribution is -0.118. The molecule has 1 saturated heterocycles. The van der Waals surface area contributed by atoms with E-state index >= 15 is 0 Å². The summed E-state index contributed by atoms with van der Waals surface area (Å²) >= 11 is 5.72. The average Bonchev–Trinajstić information content (AvgIpc) is 2.71. The third-order valence-corrected chi connectivity index (χ3v) is 5.37. The number of aliphatic hydroxyl groups is 1. The number of hydrogen-bond acceptors (Lipinski definition) is 5. The number of nitrogens with one attached hydrogen (secondary N) is 1. The van der Waals surface area contributed by atoms with Crippen LogP contribution in [0.4, 0.5) is 14.5 Å². The maximum atomic E-state index is 13.8. The van der Waals surface area contributed by atoms with Crippen LogP contribution in [-0.4, -0.2) is 72.3 Å². The maximum Gasteiger partial charge on any atom is 0.238 e. The number of hydrogen-bond donors (Lipinski definition) is 2. The predicted molar refractivity (Wildman–Crippen MR) is 115 cm³/mol. The molecule has 1 aliphatic heterocycles. The number of carbonyl (C=O) groups is 1. The van der Waals surface area contributed by atoms with Crippen LogP contribution in [0.15, 0.2) is 42.5 Å². The monoisotopic (exact) mass is 453 g/mol. The number of rotatable bonds is 8. The smallest absolute Gasteiger partial charge is 0.238 e. The molecule has 0 spiro atoms. The molecule has 1 heterocycles. The molecule has 31 heavy (non-hydrogen) atoms. The number of anilines is 1. The van der Waals surface area contributed by atoms with Crippen molar-refractivity contribution in [2.45, 2.75) is 19.1 Å². The Morgan fingerprint density at radius 1 is 1.26 bits per heavy atom. The SMILES string of the molecule is CC1CN(CC(=O)Nc2ccc(Cl)cc2F)CCN1CC(O)COc1ccccc1F. The van der Waals surface area contributed by atoms with Crippen molar-refractivity contribution in [3.05, 3.63) is 59.1 Å². The third-order valence-electron chi connectivity index (χ3n) is 5.13. The van der Waals surface area contributed by atoms with E-state index in [4.69, 9.17) is 16.3 Å². The first kappa shape index (κ1) is 23.4. The molecule has 168 valence electrons. The summed E-state index contributed by atoms with van der Waals surface area (Å²) in [5.41, 5.74) is 0.0964. The fourth-order valence-electron chi connectivity index (χ4n) is 3.54. The topological polar surface area (TPSA) is 65.0 Å². The second kappa shape index (κ2) is 10.9. The molecule has 9 heteroatoms. The van der Waals surface area contributed by atoms with Gasteiger partial charge in [0.05, 0.1) is 12.2 Å². The van der Waals surface area contributed by atoms with Crippen molar-refractivity contribution in [3.8, 4) is 5.75 Å². The summed E-state index contributed by atoms with van der Waals surface area (Å²) < 4.78 is 32.8. The van der Waals surface area contributed by atoms with Crippen molar-refractivity contribution in [2.75, 3.05) is 44.6 Å². The molecular weight excluding hydrogens is 428 g/mol. The second-order valence-electron chi connectivity index (χ2n) is 7.65. The Labute approximate surface area is 185 Å². The van der Waals surface area contributed by atoms with Crippen LogP contribution in [0.1, 0.15) is 6.92 Å². The number of piperazine rings is 1. The molecule has 6 nitrogen and oxygen atoms in total. The fraction of sp³-hybridized carbons (Fsp3) is 0.409. The summed E-state index contributed by atoms with van der Waals surface area (Å²) in [7, 11) is 0. The molecule has 1 aliphatic rings. The number of halogens is 3. The number of amides is 1. The molecule has 0 saturated carbocycles. The van der Waals surface area contributed by atoms with Crippen LogP contribution in [0.3, 0.4) is 0 Å². The highest BCUT2D eigenvalue weighted by Gasteiger charge is 2.26. The number of carbonyl (C=O) groups excluding carboxylic acids is 1. The van der Waals surface area contributed by atoms with E-state index in [1.165, 1.54) is 24.3 Å². The largest absolute Gasteiger partial charge is 0.488 e. The highest BCUT2D eigenvalue weighted by Crippen LogP contribution is 2.19. The van der Waals surface area contributed by atoms with Crippen molar-refractivity contribution in [2.24, 2.45) is 0 Å². The minimum absolute atomic E-state index is 0.0110. The van der Waals surface area contributed by atoms with Gasteiger partial charge in [-0.15, -0.1) is 0 Å². The number of aliphatic hydroxyl groups excluding tert-OH is 1. The lowest BCUT2D eigenvalue weighted by Crippen LogP contribution is -2.55. The van der Waals surface area contributed by atoms with Gasteiger partial charge >= 0.3 is 0 Å². The van der Waals surface area contributed by atoms with Crippen molar-refractivity contribution >= 4 is 23.2 Å². The number of ether oxygens (including phenoxy) is 1. The maximum absolute atomic E-state index is 13.8. The van der Waals surface area contributed by atoms with Crippen LogP contribution in [0.2, 0.25) is 5.02 Å². The minimum Gasteiger partial charge on any atom is -0.488 e. The van der Waals surface area contributed by atoms with Crippen molar-refractivity contribution < 1.29 is 23.4 Å². The molecule has 0 aliphatic carbocycles. The number of benzene rings is 2. The third kappa shape index (κ3) is 6.87. The molecule has 3 rings (SSSR count). The standard InChI is InChI=1S/C22H26ClF2N3O3/c1-15-11-27(13-22(30)26-20-7-6-16(23)10-19(20)25)8-9-28(15)12-17(29)14-31-21-5-3-2-4-18(21)24/h2-7,10,15,17,29H,8-9,11-14H2,1H3,(H,26,30). The Hall–Kier alpha value is -2.26. The normalized spacial score (nSPS) is 18.5. The van der Waals surface area contributed by atoms with Gasteiger partial charge in [-0.25, -0.2) is 8.78 Å². The molecule has 2 unspecified atom stereocenters. The Balaban J connectivity index is 1.42. The summed E-state index contributed by atoms with van der Waals surface area (Å²) in [5.74, 6) is -1.23. The van der Waals surface area contributed by atoms with Gasteiger partial charge in [0, 0.05) is 37.2 Å². The molecule has 2 atom stereocenters. The van der Waals surface area contributed by atoms with Crippen LogP contribution in [0.5, 0.6) is 5.75 Å². The molecular formula is C22H26ClF2N3O3. The Morgan fingerprint density at radius 3 is 2.74 bits per heavy atom. The number of nitrogens with zero attached hydrogens (tertiary/aromatic N) is 2. The molecule has 2 N–H and O–H groups in total. The fourth-order valence-corrected chi connectivity index (χ4v) is 3.70. The molecule has 1 amide bonds. The predicted octanol–water partition coefficient (Wildman–Crippen LogP) is 3.00. The summed E-state index contributed by atoms with van der Waals surface area (Å²) in [6, 6.07) is 10.3. The van der Waals surface area contributed by atoms with Crippen LogP contribution >= 0.6 is 11.6 Å². The summed E-state index contributed by atoms with van der Waals surface area (Å²) in [6.07, 6.45) is -0.773. The summed E-state index contributed by atoms with van der Waals surface area (Å²) in [5, 5.41) is 13.1. The molecule has 2 aromatic carbocycles. The number of β-amino-alcohol motifs (C(OH)–C–C–N with tert-alkyl or cyclic N) is 1.